The van der Waals surface area contributed by atoms with Crippen LogP contribution < -0.4 is 10.6 Å². The highest BCUT2D eigenvalue weighted by Gasteiger charge is 2.15. The molecule has 0 saturated heterocycles. The molecule has 0 aliphatic carbocycles. The minimum absolute atomic E-state index is 0.183. The van der Waals surface area contributed by atoms with Crippen LogP contribution in [0.15, 0.2) is 36.5 Å². The number of hydrogen-bond acceptors (Lipinski definition) is 7. The average molecular weight is 485 g/mol. The van der Waals surface area contributed by atoms with E-state index in [0.717, 1.165) is 43.7 Å². The predicted molar refractivity (Wildman–Crippen MR) is 139 cm³/mol. The van der Waals surface area contributed by atoms with Gasteiger partial charge < -0.3 is 15.0 Å². The van der Waals surface area contributed by atoms with Crippen molar-refractivity contribution in [3.05, 3.63) is 41.6 Å². The zero-order valence-electron chi connectivity index (χ0n) is 20.3. The molecule has 1 atom stereocenters. The van der Waals surface area contributed by atoms with Crippen molar-refractivity contribution >= 4 is 40.4 Å². The predicted octanol–water partition coefficient (Wildman–Crippen LogP) is 5.84. The van der Waals surface area contributed by atoms with Gasteiger partial charge in [0, 0.05) is 17.7 Å². The van der Waals surface area contributed by atoms with Crippen LogP contribution in [-0.4, -0.2) is 58.2 Å². The first-order valence-corrected chi connectivity index (χ1v) is 12.2. The second-order valence-corrected chi connectivity index (χ2v) is 8.43. The van der Waals surface area contributed by atoms with Crippen LogP contribution in [0.4, 0.5) is 16.3 Å². The topological polar surface area (TPSA) is 92.3 Å². The van der Waals surface area contributed by atoms with Crippen molar-refractivity contribution < 1.29 is 9.53 Å². The van der Waals surface area contributed by atoms with Gasteiger partial charge in [-0.1, -0.05) is 43.6 Å². The molecule has 1 amide bonds. The molecule has 1 aromatic carbocycles. The Morgan fingerprint density at radius 1 is 1.18 bits per heavy atom. The monoisotopic (exact) mass is 484 g/mol. The molecule has 8 nitrogen and oxygen atoms in total. The first-order valence-electron chi connectivity index (χ1n) is 11.8. The molecule has 0 spiro atoms. The van der Waals surface area contributed by atoms with E-state index in [1.54, 1.807) is 19.2 Å². The summed E-state index contributed by atoms with van der Waals surface area (Å²) in [6.07, 6.45) is 3.14. The summed E-state index contributed by atoms with van der Waals surface area (Å²) in [5.41, 5.74) is 3.23. The van der Waals surface area contributed by atoms with Crippen LogP contribution in [0.5, 0.6) is 0 Å². The van der Waals surface area contributed by atoms with Crippen molar-refractivity contribution in [3.8, 4) is 11.3 Å². The van der Waals surface area contributed by atoms with Crippen molar-refractivity contribution in [2.24, 2.45) is 0 Å². The van der Waals surface area contributed by atoms with Gasteiger partial charge in [0.05, 0.1) is 29.2 Å². The van der Waals surface area contributed by atoms with Crippen molar-refractivity contribution in [2.45, 2.75) is 46.6 Å². The lowest BCUT2D eigenvalue weighted by Crippen LogP contribution is -2.25. The maximum Gasteiger partial charge on any atom is 0.412 e. The smallest absolute Gasteiger partial charge is 0.412 e. The van der Waals surface area contributed by atoms with E-state index in [0.29, 0.717) is 27.7 Å². The summed E-state index contributed by atoms with van der Waals surface area (Å²) >= 11 is 6.39. The SMILES string of the molecule is CCOC(=O)Nc1cc(NC(C)CCCN(CC)CC)c2nc(-c3ccccc3Cl)cnc2n1. The van der Waals surface area contributed by atoms with Crippen LogP contribution in [-0.2, 0) is 4.74 Å². The number of benzene rings is 1. The third kappa shape index (κ3) is 6.77. The first-order chi connectivity index (χ1) is 16.4. The summed E-state index contributed by atoms with van der Waals surface area (Å²) in [5.74, 6) is 0.351. The Morgan fingerprint density at radius 2 is 1.94 bits per heavy atom. The van der Waals surface area contributed by atoms with E-state index in [1.807, 2.05) is 24.3 Å². The highest BCUT2D eigenvalue weighted by Crippen LogP contribution is 2.30. The molecule has 2 heterocycles. The number of fused-ring (bicyclic) bond motifs is 1. The average Bonchev–Trinajstić information content (AvgIpc) is 2.82. The third-order valence-corrected chi connectivity index (χ3v) is 5.91. The Bertz CT molecular complexity index is 1110. The largest absolute Gasteiger partial charge is 0.450 e. The highest BCUT2D eigenvalue weighted by molar-refractivity contribution is 6.33. The van der Waals surface area contributed by atoms with Gasteiger partial charge in [0.1, 0.15) is 11.3 Å². The lowest BCUT2D eigenvalue weighted by molar-refractivity contribution is 0.168. The molecule has 0 saturated carbocycles. The molecule has 0 aliphatic rings. The second kappa shape index (κ2) is 12.5. The molecule has 3 rings (SSSR count). The fourth-order valence-corrected chi connectivity index (χ4v) is 3.97. The van der Waals surface area contributed by atoms with Crippen LogP contribution in [0, 0.1) is 0 Å². The molecule has 2 aromatic heterocycles. The Hall–Kier alpha value is -2.97. The number of nitrogens with one attached hydrogen (secondary N) is 2. The van der Waals surface area contributed by atoms with E-state index in [1.165, 1.54) is 0 Å². The summed E-state index contributed by atoms with van der Waals surface area (Å²) in [6.45, 7) is 11.7. The molecule has 3 aromatic rings. The maximum atomic E-state index is 12.0. The standard InChI is InChI=1S/C25H33ClN6O2/c1-5-32(6-2)14-10-11-17(4)28-20-15-22(31-25(33)34-7-3)30-24-23(20)29-21(16-27-24)18-12-8-9-13-19(18)26/h8-9,12-13,15-17H,5-7,10-11,14H2,1-4H3,(H2,27,28,30,31,33). The van der Waals surface area contributed by atoms with Crippen molar-refractivity contribution in [2.75, 3.05) is 36.9 Å². The maximum absolute atomic E-state index is 12.0. The van der Waals surface area contributed by atoms with Crippen LogP contribution in [0.3, 0.4) is 0 Å². The van der Waals surface area contributed by atoms with E-state index in [-0.39, 0.29) is 12.6 Å². The van der Waals surface area contributed by atoms with Crippen LogP contribution >= 0.6 is 11.6 Å². The number of rotatable bonds is 11. The van der Waals surface area contributed by atoms with Gasteiger partial charge in [0.25, 0.3) is 0 Å². The number of aromatic nitrogens is 3. The van der Waals surface area contributed by atoms with E-state index >= 15 is 0 Å². The molecule has 0 fully saturated rings. The molecular formula is C25H33ClN6O2. The Morgan fingerprint density at radius 3 is 2.65 bits per heavy atom. The van der Waals surface area contributed by atoms with Gasteiger partial charge in [-0.15, -0.1) is 0 Å². The van der Waals surface area contributed by atoms with Gasteiger partial charge in [-0.3, -0.25) is 5.32 Å². The molecule has 9 heteroatoms. The van der Waals surface area contributed by atoms with E-state index in [4.69, 9.17) is 21.3 Å². The first kappa shape index (κ1) is 25.6. The Labute approximate surface area is 206 Å². The van der Waals surface area contributed by atoms with Crippen LogP contribution in [0.1, 0.15) is 40.5 Å². The van der Waals surface area contributed by atoms with Gasteiger partial charge in [-0.2, -0.15) is 0 Å². The zero-order chi connectivity index (χ0) is 24.5. The number of amides is 1. The normalized spacial score (nSPS) is 12.1. The third-order valence-electron chi connectivity index (χ3n) is 5.58. The summed E-state index contributed by atoms with van der Waals surface area (Å²) in [6, 6.07) is 9.47. The second-order valence-electron chi connectivity index (χ2n) is 8.02. The summed E-state index contributed by atoms with van der Waals surface area (Å²) in [5, 5.41) is 6.82. The number of nitrogens with zero attached hydrogens (tertiary/aromatic N) is 4. The quantitative estimate of drug-likeness (QED) is 0.353. The van der Waals surface area contributed by atoms with Gasteiger partial charge >= 0.3 is 6.09 Å². The van der Waals surface area contributed by atoms with Gasteiger partial charge in [-0.05, 0) is 52.4 Å². The van der Waals surface area contributed by atoms with Crippen molar-refractivity contribution in [3.63, 3.8) is 0 Å². The van der Waals surface area contributed by atoms with Crippen LogP contribution in [0.2, 0.25) is 5.02 Å². The minimum atomic E-state index is -0.562. The fourth-order valence-electron chi connectivity index (χ4n) is 3.74. The minimum Gasteiger partial charge on any atom is -0.450 e. The molecule has 182 valence electrons. The Kier molecular flexibility index (Phi) is 9.42. The highest BCUT2D eigenvalue weighted by atomic mass is 35.5. The van der Waals surface area contributed by atoms with E-state index in [9.17, 15) is 4.79 Å². The van der Waals surface area contributed by atoms with E-state index in [2.05, 4.69) is 46.3 Å². The van der Waals surface area contributed by atoms with Gasteiger partial charge in [0.15, 0.2) is 5.65 Å². The Balaban J connectivity index is 1.91. The summed E-state index contributed by atoms with van der Waals surface area (Å²) in [4.78, 5) is 28.2. The number of carbonyl (C=O) groups is 1. The lowest BCUT2D eigenvalue weighted by atomic mass is 10.1. The number of carbonyl (C=O) groups excluding carboxylic acids is 1. The molecular weight excluding hydrogens is 452 g/mol. The van der Waals surface area contributed by atoms with Crippen molar-refractivity contribution in [1.29, 1.82) is 0 Å². The number of pyridine rings is 1. The number of halogens is 1. The summed E-state index contributed by atoms with van der Waals surface area (Å²) < 4.78 is 5.00. The number of hydrogen-bond donors (Lipinski definition) is 2. The molecule has 2 N–H and O–H groups in total. The zero-order valence-corrected chi connectivity index (χ0v) is 21.0. The summed E-state index contributed by atoms with van der Waals surface area (Å²) in [7, 11) is 0. The molecule has 0 radical (unpaired) electrons. The van der Waals surface area contributed by atoms with E-state index < -0.39 is 6.09 Å². The number of ether oxygens (including phenoxy) is 1. The number of anilines is 2. The molecule has 0 aliphatic heterocycles. The van der Waals surface area contributed by atoms with Gasteiger partial charge in [0.2, 0.25) is 0 Å². The fraction of sp³-hybridized carbons (Fsp3) is 0.440. The molecule has 34 heavy (non-hydrogen) atoms. The molecule has 0 bridgehead atoms. The van der Waals surface area contributed by atoms with Crippen molar-refractivity contribution in [1.82, 2.24) is 19.9 Å². The van der Waals surface area contributed by atoms with Crippen LogP contribution in [0.25, 0.3) is 22.4 Å². The van der Waals surface area contributed by atoms with Gasteiger partial charge in [-0.25, -0.2) is 19.7 Å². The lowest BCUT2D eigenvalue weighted by Gasteiger charge is -2.21. The molecule has 1 unspecified atom stereocenters.